The molecule has 0 bridgehead atoms. The first-order valence-corrected chi connectivity index (χ1v) is 12.3. The van der Waals surface area contributed by atoms with Crippen LogP contribution in [-0.4, -0.2) is 47.8 Å². The SMILES string of the molecule is Cc1ccc(CNON2CCCC(C3=CC(c4ccccc4)=NCN3C(C)/N=C\C=C/N)C2)cc1. The number of nitrogens with zero attached hydrogens (tertiary/aromatic N) is 4. The smallest absolute Gasteiger partial charge is 0.119 e. The molecule has 184 valence electrons. The minimum atomic E-state index is -0.0468. The minimum absolute atomic E-state index is 0.0468. The van der Waals surface area contributed by atoms with Gasteiger partial charge in [0, 0.05) is 37.5 Å². The van der Waals surface area contributed by atoms with Crippen LogP contribution in [-0.2, 0) is 11.5 Å². The van der Waals surface area contributed by atoms with Crippen LogP contribution in [0.2, 0.25) is 0 Å². The van der Waals surface area contributed by atoms with Crippen LogP contribution < -0.4 is 11.2 Å². The van der Waals surface area contributed by atoms with E-state index in [0.29, 0.717) is 19.1 Å². The van der Waals surface area contributed by atoms with E-state index in [0.717, 1.165) is 37.2 Å². The van der Waals surface area contributed by atoms with Gasteiger partial charge in [0.25, 0.3) is 0 Å². The number of nitrogens with one attached hydrogen (secondary N) is 1. The third kappa shape index (κ3) is 6.88. The van der Waals surface area contributed by atoms with E-state index in [1.807, 2.05) is 11.1 Å². The maximum atomic E-state index is 5.98. The van der Waals surface area contributed by atoms with Gasteiger partial charge in [-0.25, -0.2) is 4.94 Å². The van der Waals surface area contributed by atoms with Crippen LogP contribution in [0.4, 0.5) is 0 Å². The first kappa shape index (κ1) is 24.9. The highest BCUT2D eigenvalue weighted by molar-refractivity contribution is 6.09. The summed E-state index contributed by atoms with van der Waals surface area (Å²) in [5, 5.41) is 2.04. The van der Waals surface area contributed by atoms with Crippen LogP contribution in [0, 0.1) is 12.8 Å². The van der Waals surface area contributed by atoms with Gasteiger partial charge in [-0.2, -0.15) is 10.5 Å². The molecule has 4 rings (SSSR count). The fourth-order valence-electron chi connectivity index (χ4n) is 4.46. The highest BCUT2D eigenvalue weighted by atomic mass is 16.8. The molecule has 0 spiro atoms. The largest absolute Gasteiger partial charge is 0.405 e. The van der Waals surface area contributed by atoms with Gasteiger partial charge in [-0.05, 0) is 56.2 Å². The number of nitrogens with two attached hydrogens (primary N) is 1. The molecule has 7 heteroatoms. The number of hydroxylamine groups is 3. The number of rotatable bonds is 9. The lowest BCUT2D eigenvalue weighted by Gasteiger charge is -2.40. The first-order valence-electron chi connectivity index (χ1n) is 12.3. The Bertz CT molecular complexity index is 1060. The summed E-state index contributed by atoms with van der Waals surface area (Å²) in [6.45, 7) is 7.15. The fourth-order valence-corrected chi connectivity index (χ4v) is 4.46. The van der Waals surface area contributed by atoms with Crippen LogP contribution >= 0.6 is 0 Å². The number of hydrogen-bond acceptors (Lipinski definition) is 7. The molecule has 0 aliphatic carbocycles. The molecule has 2 aliphatic rings. The normalized spacial score (nSPS) is 20.3. The summed E-state index contributed by atoms with van der Waals surface area (Å²) in [7, 11) is 0. The van der Waals surface area contributed by atoms with Gasteiger partial charge >= 0.3 is 0 Å². The molecule has 0 radical (unpaired) electrons. The van der Waals surface area contributed by atoms with Gasteiger partial charge < -0.3 is 10.6 Å². The molecule has 1 fully saturated rings. The summed E-state index contributed by atoms with van der Waals surface area (Å²) in [6, 6.07) is 18.9. The average Bonchev–Trinajstić information content (AvgIpc) is 2.90. The van der Waals surface area contributed by atoms with Gasteiger partial charge in [0.2, 0.25) is 0 Å². The van der Waals surface area contributed by atoms with E-state index in [9.17, 15) is 0 Å². The second-order valence-electron chi connectivity index (χ2n) is 9.03. The van der Waals surface area contributed by atoms with Crippen LogP contribution in [0.1, 0.15) is 36.5 Å². The number of aryl methyl sites for hydroxylation is 1. The highest BCUT2D eigenvalue weighted by Crippen LogP contribution is 2.30. The van der Waals surface area contributed by atoms with E-state index in [-0.39, 0.29) is 6.17 Å². The Morgan fingerprint density at radius 2 is 2.00 bits per heavy atom. The van der Waals surface area contributed by atoms with Crippen molar-refractivity contribution >= 4 is 11.9 Å². The van der Waals surface area contributed by atoms with Crippen LogP contribution in [0.3, 0.4) is 0 Å². The topological polar surface area (TPSA) is 78.5 Å². The van der Waals surface area contributed by atoms with E-state index in [2.05, 4.69) is 83.8 Å². The lowest BCUT2D eigenvalue weighted by atomic mass is 9.92. The molecule has 1 saturated heterocycles. The van der Waals surface area contributed by atoms with Gasteiger partial charge in [-0.15, -0.1) is 0 Å². The van der Waals surface area contributed by atoms with E-state index >= 15 is 0 Å². The standard InChI is InChI=1S/C28H36N6O/c1-22-11-13-24(14-12-22)19-32-35-33-17-6-10-26(20-33)28-18-27(25-8-4-3-5-9-25)31-21-34(28)23(2)30-16-7-15-29/h3-5,7-9,11-16,18,23,26,32H,6,10,17,19-21,29H2,1-2H3/b15-7-,30-16-. The zero-order chi connectivity index (χ0) is 24.5. The van der Waals surface area contributed by atoms with Gasteiger partial charge in [0.05, 0.1) is 5.71 Å². The van der Waals surface area contributed by atoms with Gasteiger partial charge in [0.15, 0.2) is 0 Å². The highest BCUT2D eigenvalue weighted by Gasteiger charge is 2.31. The summed E-state index contributed by atoms with van der Waals surface area (Å²) >= 11 is 0. The Kier molecular flexibility index (Phi) is 8.84. The summed E-state index contributed by atoms with van der Waals surface area (Å²) in [5.74, 6) is 0.321. The van der Waals surface area contributed by atoms with Crippen LogP contribution in [0.25, 0.3) is 0 Å². The van der Waals surface area contributed by atoms with Crippen molar-refractivity contribution in [1.29, 1.82) is 0 Å². The summed E-state index contributed by atoms with van der Waals surface area (Å²) in [6.07, 6.45) is 9.35. The molecule has 3 N–H and O–H groups in total. The molecule has 2 aliphatic heterocycles. The van der Waals surface area contributed by atoms with E-state index in [4.69, 9.17) is 15.7 Å². The summed E-state index contributed by atoms with van der Waals surface area (Å²) in [5.41, 5.74) is 14.5. The third-order valence-corrected chi connectivity index (χ3v) is 6.42. The van der Waals surface area contributed by atoms with Crippen molar-refractivity contribution < 1.29 is 4.94 Å². The van der Waals surface area contributed by atoms with Crippen molar-refractivity contribution in [3.05, 3.63) is 95.3 Å². The fraction of sp³-hybridized carbons (Fsp3) is 0.357. The molecule has 2 aromatic carbocycles. The Hall–Kier alpha value is -3.26. The maximum Gasteiger partial charge on any atom is 0.119 e. The lowest BCUT2D eigenvalue weighted by molar-refractivity contribution is -0.226. The van der Waals surface area contributed by atoms with Crippen LogP contribution in [0.15, 0.2) is 88.6 Å². The van der Waals surface area contributed by atoms with Crippen molar-refractivity contribution in [2.24, 2.45) is 21.6 Å². The summed E-state index contributed by atoms with van der Waals surface area (Å²) < 4.78 is 0. The molecule has 0 aromatic heterocycles. The molecule has 2 aromatic rings. The molecule has 2 atom stereocenters. The zero-order valence-electron chi connectivity index (χ0n) is 20.7. The predicted octanol–water partition coefficient (Wildman–Crippen LogP) is 4.18. The van der Waals surface area contributed by atoms with Gasteiger partial charge in [-0.1, -0.05) is 60.2 Å². The van der Waals surface area contributed by atoms with E-state index < -0.39 is 0 Å². The van der Waals surface area contributed by atoms with Crippen molar-refractivity contribution in [3.8, 4) is 0 Å². The molecule has 0 amide bonds. The number of allylic oxidation sites excluding steroid dienone is 2. The molecule has 2 heterocycles. The van der Waals surface area contributed by atoms with Gasteiger partial charge in [-0.3, -0.25) is 9.98 Å². The second kappa shape index (κ2) is 12.4. The summed E-state index contributed by atoms with van der Waals surface area (Å²) in [4.78, 5) is 17.8. The quantitative estimate of drug-likeness (QED) is 0.423. The first-order chi connectivity index (χ1) is 17.1. The zero-order valence-corrected chi connectivity index (χ0v) is 20.7. The van der Waals surface area contributed by atoms with Crippen molar-refractivity contribution in [1.82, 2.24) is 15.4 Å². The number of piperidine rings is 1. The molecule has 7 nitrogen and oxygen atoms in total. The van der Waals surface area contributed by atoms with Crippen molar-refractivity contribution in [2.45, 2.75) is 39.4 Å². The monoisotopic (exact) mass is 472 g/mol. The molecular weight excluding hydrogens is 436 g/mol. The van der Waals surface area contributed by atoms with Crippen LogP contribution in [0.5, 0.6) is 0 Å². The Labute approximate surface area is 208 Å². The van der Waals surface area contributed by atoms with Crippen molar-refractivity contribution in [2.75, 3.05) is 19.8 Å². The Morgan fingerprint density at radius 1 is 1.20 bits per heavy atom. The third-order valence-electron chi connectivity index (χ3n) is 6.42. The average molecular weight is 473 g/mol. The Morgan fingerprint density at radius 3 is 2.77 bits per heavy atom. The molecule has 0 saturated carbocycles. The number of benzene rings is 2. The van der Waals surface area contributed by atoms with Gasteiger partial charge in [0.1, 0.15) is 12.8 Å². The lowest BCUT2D eigenvalue weighted by Crippen LogP contribution is -2.44. The second-order valence-corrected chi connectivity index (χ2v) is 9.03. The maximum absolute atomic E-state index is 5.98. The predicted molar refractivity (Wildman–Crippen MR) is 142 cm³/mol. The van der Waals surface area contributed by atoms with E-state index in [1.165, 1.54) is 23.0 Å². The number of hydrogen-bond donors (Lipinski definition) is 2. The van der Waals surface area contributed by atoms with Crippen molar-refractivity contribution in [3.63, 3.8) is 0 Å². The number of aliphatic imine (C=N–C) groups is 2. The molecular formula is C28H36N6O. The Balaban J connectivity index is 1.46. The molecule has 2 unspecified atom stereocenters. The molecule has 35 heavy (non-hydrogen) atoms. The minimum Gasteiger partial charge on any atom is -0.405 e. The van der Waals surface area contributed by atoms with E-state index in [1.54, 1.807) is 12.3 Å².